The molecule has 0 bridgehead atoms. The van der Waals surface area contributed by atoms with Crippen LogP contribution < -0.4 is 9.64 Å². The molecule has 164 valence electrons. The van der Waals surface area contributed by atoms with Gasteiger partial charge in [-0.15, -0.1) is 0 Å². The zero-order valence-electron chi connectivity index (χ0n) is 17.8. The molecule has 0 radical (unpaired) electrons. The fourth-order valence-electron chi connectivity index (χ4n) is 4.40. The highest BCUT2D eigenvalue weighted by Gasteiger charge is 2.28. The van der Waals surface area contributed by atoms with E-state index in [1.807, 2.05) is 24.3 Å². The minimum Gasteiger partial charge on any atom is -0.478 e. The lowest BCUT2D eigenvalue weighted by Gasteiger charge is -2.31. The number of fused-ring (bicyclic) bond motifs is 1. The van der Waals surface area contributed by atoms with Gasteiger partial charge in [0, 0.05) is 12.2 Å². The van der Waals surface area contributed by atoms with Gasteiger partial charge in [0.05, 0.1) is 16.6 Å². The van der Waals surface area contributed by atoms with Crippen molar-refractivity contribution in [3.05, 3.63) is 124 Å². The molecule has 1 aliphatic heterocycles. The maximum atomic E-state index is 11.1. The van der Waals surface area contributed by atoms with E-state index in [-0.39, 0.29) is 16.6 Å². The molecule has 33 heavy (non-hydrogen) atoms. The molecule has 4 nitrogen and oxygen atoms in total. The first-order valence-electron chi connectivity index (χ1n) is 10.8. The van der Waals surface area contributed by atoms with Gasteiger partial charge >= 0.3 is 5.97 Å². The normalized spacial score (nSPS) is 12.6. The fourth-order valence-corrected chi connectivity index (χ4v) is 4.62. The van der Waals surface area contributed by atoms with Gasteiger partial charge in [-0.05, 0) is 59.5 Å². The summed E-state index contributed by atoms with van der Waals surface area (Å²) in [5.74, 6) is 0.0897. The number of rotatable bonds is 6. The summed E-state index contributed by atoms with van der Waals surface area (Å²) in [7, 11) is 0. The number of nitrogens with zero attached hydrogens (tertiary/aromatic N) is 1. The Hall–Kier alpha value is -3.76. The van der Waals surface area contributed by atoms with Crippen molar-refractivity contribution in [1.29, 1.82) is 0 Å². The molecule has 0 aromatic heterocycles. The number of aromatic carboxylic acids is 1. The van der Waals surface area contributed by atoms with Gasteiger partial charge < -0.3 is 14.7 Å². The van der Waals surface area contributed by atoms with E-state index in [1.165, 1.54) is 34.5 Å². The molecule has 1 aliphatic rings. The summed E-state index contributed by atoms with van der Waals surface area (Å²) < 4.78 is 5.99. The largest absolute Gasteiger partial charge is 0.478 e. The van der Waals surface area contributed by atoms with Gasteiger partial charge in [-0.2, -0.15) is 0 Å². The van der Waals surface area contributed by atoms with Crippen LogP contribution in [0.2, 0.25) is 5.02 Å². The molecule has 0 unspecified atom stereocenters. The number of anilines is 1. The lowest BCUT2D eigenvalue weighted by atomic mass is 9.97. The predicted octanol–water partition coefficient (Wildman–Crippen LogP) is 6.98. The first-order chi connectivity index (χ1) is 16.1. The third-order valence-corrected chi connectivity index (χ3v) is 6.23. The molecule has 0 amide bonds. The van der Waals surface area contributed by atoms with E-state index >= 15 is 0 Å². The highest BCUT2D eigenvalue weighted by atomic mass is 35.5. The highest BCUT2D eigenvalue weighted by Crippen LogP contribution is 2.41. The van der Waals surface area contributed by atoms with Crippen LogP contribution in [0.5, 0.6) is 11.5 Å². The summed E-state index contributed by atoms with van der Waals surface area (Å²) >= 11 is 6.24. The van der Waals surface area contributed by atoms with Crippen LogP contribution in [0.1, 0.15) is 33.1 Å². The van der Waals surface area contributed by atoms with Crippen molar-refractivity contribution in [2.75, 3.05) is 11.4 Å². The molecule has 0 saturated heterocycles. The first kappa shape index (κ1) is 21.1. The van der Waals surface area contributed by atoms with Gasteiger partial charge in [0.2, 0.25) is 0 Å². The molecule has 0 atom stereocenters. The van der Waals surface area contributed by atoms with Crippen LogP contribution in [0.3, 0.4) is 0 Å². The lowest BCUT2D eigenvalue weighted by molar-refractivity contribution is 0.0697. The molecule has 5 rings (SSSR count). The van der Waals surface area contributed by atoms with E-state index in [0.29, 0.717) is 11.5 Å². The molecule has 0 fully saturated rings. The van der Waals surface area contributed by atoms with Crippen LogP contribution in [0.4, 0.5) is 5.69 Å². The molecule has 0 saturated carbocycles. The summed E-state index contributed by atoms with van der Waals surface area (Å²) in [6.45, 7) is 0.904. The van der Waals surface area contributed by atoms with E-state index in [9.17, 15) is 4.79 Å². The molecule has 1 heterocycles. The molecule has 4 aromatic carbocycles. The van der Waals surface area contributed by atoms with Gasteiger partial charge in [-0.1, -0.05) is 72.3 Å². The Morgan fingerprint density at radius 1 is 0.879 bits per heavy atom. The van der Waals surface area contributed by atoms with Crippen molar-refractivity contribution in [3.8, 4) is 11.5 Å². The van der Waals surface area contributed by atoms with E-state index in [2.05, 4.69) is 59.5 Å². The van der Waals surface area contributed by atoms with E-state index in [0.717, 1.165) is 13.0 Å². The summed E-state index contributed by atoms with van der Waals surface area (Å²) in [4.78, 5) is 13.6. The van der Waals surface area contributed by atoms with Crippen molar-refractivity contribution in [1.82, 2.24) is 0 Å². The number of hydrogen-bond donors (Lipinski definition) is 1. The molecule has 4 aromatic rings. The van der Waals surface area contributed by atoms with Gasteiger partial charge in [0.25, 0.3) is 0 Å². The topological polar surface area (TPSA) is 49.8 Å². The predicted molar refractivity (Wildman–Crippen MR) is 131 cm³/mol. The number of halogens is 1. The number of ether oxygens (including phenoxy) is 1. The Balaban J connectivity index is 1.45. The lowest BCUT2D eigenvalue weighted by Crippen LogP contribution is -2.27. The Kier molecular flexibility index (Phi) is 5.76. The fraction of sp³-hybridized carbons (Fsp3) is 0.107. The van der Waals surface area contributed by atoms with Crippen molar-refractivity contribution in [3.63, 3.8) is 0 Å². The van der Waals surface area contributed by atoms with Crippen LogP contribution >= 0.6 is 11.6 Å². The Morgan fingerprint density at radius 3 is 2.15 bits per heavy atom. The second kappa shape index (κ2) is 9.00. The Bertz CT molecular complexity index is 1250. The van der Waals surface area contributed by atoms with Gasteiger partial charge in [-0.3, -0.25) is 0 Å². The zero-order valence-corrected chi connectivity index (χ0v) is 18.6. The van der Waals surface area contributed by atoms with E-state index in [1.54, 1.807) is 6.07 Å². The molecule has 1 N–H and O–H groups in total. The average molecular weight is 456 g/mol. The van der Waals surface area contributed by atoms with Gasteiger partial charge in [0.15, 0.2) is 0 Å². The number of carboxylic acids is 1. The maximum Gasteiger partial charge on any atom is 0.335 e. The summed E-state index contributed by atoms with van der Waals surface area (Å²) in [5, 5.41) is 9.39. The SMILES string of the molecule is O=C(O)c1ccc(Oc2ccc3c(c2)CCN3C(c2ccccc2)c2ccccc2)c(Cl)c1. The quantitative estimate of drug-likeness (QED) is 0.340. The highest BCUT2D eigenvalue weighted by molar-refractivity contribution is 6.32. The summed E-state index contributed by atoms with van der Waals surface area (Å²) in [5.41, 5.74) is 5.03. The monoisotopic (exact) mass is 455 g/mol. The van der Waals surface area contributed by atoms with Crippen molar-refractivity contribution in [2.24, 2.45) is 0 Å². The van der Waals surface area contributed by atoms with Crippen LogP contribution in [-0.4, -0.2) is 17.6 Å². The minimum absolute atomic E-state index is 0.124. The molecular formula is C28H22ClNO3. The van der Waals surface area contributed by atoms with E-state index in [4.69, 9.17) is 21.4 Å². The maximum absolute atomic E-state index is 11.1. The zero-order chi connectivity index (χ0) is 22.8. The van der Waals surface area contributed by atoms with Gasteiger partial charge in [-0.25, -0.2) is 4.79 Å². The van der Waals surface area contributed by atoms with Crippen molar-refractivity contribution < 1.29 is 14.6 Å². The van der Waals surface area contributed by atoms with Crippen LogP contribution in [-0.2, 0) is 6.42 Å². The number of carboxylic acid groups (broad SMARTS) is 1. The molecule has 5 heteroatoms. The molecular weight excluding hydrogens is 434 g/mol. The third-order valence-electron chi connectivity index (χ3n) is 5.93. The van der Waals surface area contributed by atoms with Crippen LogP contribution in [0.25, 0.3) is 0 Å². The molecule has 0 spiro atoms. The third kappa shape index (κ3) is 4.30. The van der Waals surface area contributed by atoms with Gasteiger partial charge in [0.1, 0.15) is 11.5 Å². The number of benzene rings is 4. The van der Waals surface area contributed by atoms with Crippen molar-refractivity contribution >= 4 is 23.3 Å². The first-order valence-corrected chi connectivity index (χ1v) is 11.2. The minimum atomic E-state index is -1.02. The molecule has 0 aliphatic carbocycles. The van der Waals surface area contributed by atoms with Crippen LogP contribution in [0, 0.1) is 0 Å². The summed E-state index contributed by atoms with van der Waals surface area (Å²) in [6.07, 6.45) is 0.911. The number of carbonyl (C=O) groups is 1. The van der Waals surface area contributed by atoms with E-state index < -0.39 is 5.97 Å². The average Bonchev–Trinajstić information content (AvgIpc) is 3.25. The standard InChI is InChI=1S/C28H22ClNO3/c29-24-18-22(28(31)32)11-14-26(24)33-23-12-13-25-21(17-23)15-16-30(25)27(19-7-3-1-4-8-19)20-9-5-2-6-10-20/h1-14,17-18,27H,15-16H2,(H,31,32). The summed E-state index contributed by atoms with van der Waals surface area (Å²) in [6, 6.07) is 31.8. The Morgan fingerprint density at radius 2 is 1.55 bits per heavy atom. The smallest absolute Gasteiger partial charge is 0.335 e. The van der Waals surface area contributed by atoms with Crippen LogP contribution in [0.15, 0.2) is 97.1 Å². The number of hydrogen-bond acceptors (Lipinski definition) is 3. The second-order valence-electron chi connectivity index (χ2n) is 8.01. The Labute approximate surface area is 197 Å². The second-order valence-corrected chi connectivity index (χ2v) is 8.42. The van der Waals surface area contributed by atoms with Crippen molar-refractivity contribution in [2.45, 2.75) is 12.5 Å².